The number of methoxy groups -OCH3 is 1. The highest BCUT2D eigenvalue weighted by molar-refractivity contribution is 7.13. The van der Waals surface area contributed by atoms with Gasteiger partial charge in [-0.2, -0.15) is 0 Å². The smallest absolute Gasteiger partial charge is 0.250 e. The molecule has 28 heavy (non-hydrogen) atoms. The van der Waals surface area contributed by atoms with Gasteiger partial charge in [0.2, 0.25) is 0 Å². The Morgan fingerprint density at radius 3 is 2.68 bits per heavy atom. The quantitative estimate of drug-likeness (QED) is 0.667. The molecule has 5 heteroatoms. The second-order valence-corrected chi connectivity index (χ2v) is 8.85. The number of ether oxygens (including phenoxy) is 1. The molecule has 0 spiro atoms. The number of hydrogen-bond acceptors (Lipinski definition) is 4. The monoisotopic (exact) mass is 392 g/mol. The average Bonchev–Trinajstić information content (AvgIpc) is 3.24. The average molecular weight is 393 g/mol. The van der Waals surface area contributed by atoms with Crippen LogP contribution in [-0.4, -0.2) is 29.7 Å². The minimum absolute atomic E-state index is 0.147. The van der Waals surface area contributed by atoms with E-state index in [1.54, 1.807) is 24.5 Å². The van der Waals surface area contributed by atoms with Crippen LogP contribution in [-0.2, 0) is 13.1 Å². The SMILES string of the molecule is COc1ccc(CN2CC3CC(C2)c2c(-c4cccs4)ccc(=O)n2C3)cc1. The summed E-state index contributed by atoms with van der Waals surface area (Å²) in [7, 11) is 1.70. The summed E-state index contributed by atoms with van der Waals surface area (Å²) < 4.78 is 7.33. The summed E-state index contributed by atoms with van der Waals surface area (Å²) in [4.78, 5) is 16.4. The zero-order chi connectivity index (χ0) is 19.1. The van der Waals surface area contributed by atoms with Crippen molar-refractivity contribution in [2.24, 2.45) is 5.92 Å². The maximum Gasteiger partial charge on any atom is 0.250 e. The Bertz CT molecular complexity index is 1020. The van der Waals surface area contributed by atoms with E-state index in [1.165, 1.54) is 28.1 Å². The highest BCUT2D eigenvalue weighted by Crippen LogP contribution is 2.41. The van der Waals surface area contributed by atoms with Crippen molar-refractivity contribution in [3.05, 3.63) is 75.5 Å². The molecule has 1 saturated heterocycles. The van der Waals surface area contributed by atoms with E-state index in [0.717, 1.165) is 31.9 Å². The lowest BCUT2D eigenvalue weighted by atomic mass is 9.81. The highest BCUT2D eigenvalue weighted by atomic mass is 32.1. The van der Waals surface area contributed by atoms with Gasteiger partial charge in [-0.1, -0.05) is 18.2 Å². The minimum atomic E-state index is 0.147. The molecule has 4 nitrogen and oxygen atoms in total. The number of fused-ring (bicyclic) bond motifs is 4. The van der Waals surface area contributed by atoms with E-state index >= 15 is 0 Å². The summed E-state index contributed by atoms with van der Waals surface area (Å²) in [6, 6.07) is 16.4. The molecule has 2 aliphatic rings. The van der Waals surface area contributed by atoms with Gasteiger partial charge in [0.25, 0.3) is 5.56 Å². The van der Waals surface area contributed by atoms with Crippen LogP contribution in [0, 0.1) is 5.92 Å². The van der Waals surface area contributed by atoms with Crippen molar-refractivity contribution in [2.75, 3.05) is 20.2 Å². The van der Waals surface area contributed by atoms with Crippen molar-refractivity contribution in [1.82, 2.24) is 9.47 Å². The van der Waals surface area contributed by atoms with Crippen LogP contribution in [0.3, 0.4) is 0 Å². The fourth-order valence-corrected chi connectivity index (χ4v) is 5.63. The van der Waals surface area contributed by atoms with E-state index in [4.69, 9.17) is 4.74 Å². The lowest BCUT2D eigenvalue weighted by Crippen LogP contribution is -2.47. The zero-order valence-electron chi connectivity index (χ0n) is 16.0. The van der Waals surface area contributed by atoms with Gasteiger partial charge >= 0.3 is 0 Å². The molecule has 2 aliphatic heterocycles. The summed E-state index contributed by atoms with van der Waals surface area (Å²) in [5, 5.41) is 2.11. The zero-order valence-corrected chi connectivity index (χ0v) is 16.8. The molecule has 1 aromatic carbocycles. The van der Waals surface area contributed by atoms with Gasteiger partial charge in [-0.05, 0) is 47.5 Å². The summed E-state index contributed by atoms with van der Waals surface area (Å²) in [5.41, 5.74) is 3.94. The predicted octanol–water partition coefficient (Wildman–Crippen LogP) is 4.20. The van der Waals surface area contributed by atoms with E-state index in [1.807, 2.05) is 18.2 Å². The molecule has 0 amide bonds. The summed E-state index contributed by atoms with van der Waals surface area (Å²) in [5.74, 6) is 1.85. The summed E-state index contributed by atoms with van der Waals surface area (Å²) >= 11 is 1.75. The van der Waals surface area contributed by atoms with Gasteiger partial charge in [0.05, 0.1) is 7.11 Å². The van der Waals surface area contributed by atoms with Gasteiger partial charge in [0, 0.05) is 54.3 Å². The highest BCUT2D eigenvalue weighted by Gasteiger charge is 2.36. The number of benzene rings is 1. The van der Waals surface area contributed by atoms with Crippen LogP contribution < -0.4 is 10.3 Å². The Balaban J connectivity index is 1.45. The molecule has 0 aliphatic carbocycles. The normalized spacial score (nSPS) is 21.3. The fourth-order valence-electron chi connectivity index (χ4n) is 4.87. The topological polar surface area (TPSA) is 34.5 Å². The molecule has 2 bridgehead atoms. The van der Waals surface area contributed by atoms with Gasteiger partial charge in [-0.15, -0.1) is 11.3 Å². The molecule has 2 atom stereocenters. The Kier molecular flexibility index (Phi) is 4.57. The molecule has 2 unspecified atom stereocenters. The van der Waals surface area contributed by atoms with Crippen LogP contribution in [0.25, 0.3) is 10.4 Å². The van der Waals surface area contributed by atoms with E-state index in [9.17, 15) is 4.79 Å². The maximum atomic E-state index is 12.6. The Morgan fingerprint density at radius 2 is 1.93 bits per heavy atom. The van der Waals surface area contributed by atoms with Gasteiger partial charge in [-0.25, -0.2) is 0 Å². The number of aromatic nitrogens is 1. The molecule has 1 fully saturated rings. The Hall–Kier alpha value is -2.37. The molecular formula is C23H24N2O2S. The molecular weight excluding hydrogens is 368 g/mol. The first-order chi connectivity index (χ1) is 13.7. The Labute approximate surface area is 169 Å². The third-order valence-corrected chi connectivity index (χ3v) is 6.92. The minimum Gasteiger partial charge on any atom is -0.497 e. The number of rotatable bonds is 4. The molecule has 0 saturated carbocycles. The van der Waals surface area contributed by atoms with Crippen LogP contribution in [0.2, 0.25) is 0 Å². The third kappa shape index (κ3) is 3.19. The lowest BCUT2D eigenvalue weighted by Gasteiger charge is -2.43. The van der Waals surface area contributed by atoms with Gasteiger partial charge in [-0.3, -0.25) is 9.69 Å². The van der Waals surface area contributed by atoms with Crippen LogP contribution in [0.15, 0.2) is 58.7 Å². The number of nitrogens with zero attached hydrogens (tertiary/aromatic N) is 2. The third-order valence-electron chi connectivity index (χ3n) is 6.02. The predicted molar refractivity (Wildman–Crippen MR) is 113 cm³/mol. The van der Waals surface area contributed by atoms with Crippen LogP contribution in [0.5, 0.6) is 5.75 Å². The fraction of sp³-hybridized carbons (Fsp3) is 0.348. The van der Waals surface area contributed by atoms with E-state index in [0.29, 0.717) is 11.8 Å². The van der Waals surface area contributed by atoms with E-state index in [-0.39, 0.29) is 5.56 Å². The number of hydrogen-bond donors (Lipinski definition) is 0. The summed E-state index contributed by atoms with van der Waals surface area (Å²) in [6.07, 6.45) is 1.18. The van der Waals surface area contributed by atoms with Crippen LogP contribution in [0.1, 0.15) is 23.6 Å². The maximum absolute atomic E-state index is 12.6. The molecule has 5 rings (SSSR count). The number of pyridine rings is 1. The second kappa shape index (κ2) is 7.22. The molecule has 144 valence electrons. The standard InChI is InChI=1S/C23H24N2O2S/c1-27-19-6-4-16(5-7-19)12-24-13-17-11-18(15-24)23-20(21-3-2-10-28-21)8-9-22(26)25(23)14-17/h2-10,17-18H,11-15H2,1H3. The molecule has 0 N–H and O–H groups in total. The van der Waals surface area contributed by atoms with Crippen LogP contribution in [0.4, 0.5) is 0 Å². The van der Waals surface area contributed by atoms with E-state index in [2.05, 4.69) is 39.1 Å². The van der Waals surface area contributed by atoms with Crippen molar-refractivity contribution in [3.8, 4) is 16.2 Å². The second-order valence-electron chi connectivity index (χ2n) is 7.90. The van der Waals surface area contributed by atoms with Gasteiger partial charge < -0.3 is 9.30 Å². The van der Waals surface area contributed by atoms with Crippen LogP contribution >= 0.6 is 11.3 Å². The Morgan fingerprint density at radius 1 is 1.07 bits per heavy atom. The number of likely N-dealkylation sites (tertiary alicyclic amines) is 1. The summed E-state index contributed by atoms with van der Waals surface area (Å²) in [6.45, 7) is 3.84. The number of thiophene rings is 1. The van der Waals surface area contributed by atoms with Crippen molar-refractivity contribution < 1.29 is 4.74 Å². The van der Waals surface area contributed by atoms with Gasteiger partial charge in [0.1, 0.15) is 5.75 Å². The van der Waals surface area contributed by atoms with Gasteiger partial charge in [0.15, 0.2) is 0 Å². The lowest BCUT2D eigenvalue weighted by molar-refractivity contribution is 0.115. The first kappa shape index (κ1) is 17.7. The van der Waals surface area contributed by atoms with Crippen molar-refractivity contribution in [3.63, 3.8) is 0 Å². The first-order valence-corrected chi connectivity index (χ1v) is 10.7. The van der Waals surface area contributed by atoms with Crippen molar-refractivity contribution in [2.45, 2.75) is 25.4 Å². The number of piperidine rings is 1. The molecule has 4 heterocycles. The largest absolute Gasteiger partial charge is 0.497 e. The molecule has 0 radical (unpaired) electrons. The van der Waals surface area contributed by atoms with Crippen molar-refractivity contribution in [1.29, 1.82) is 0 Å². The molecule has 2 aromatic heterocycles. The molecule has 3 aromatic rings. The van der Waals surface area contributed by atoms with E-state index < -0.39 is 0 Å². The van der Waals surface area contributed by atoms with Crippen molar-refractivity contribution >= 4 is 11.3 Å². The first-order valence-electron chi connectivity index (χ1n) is 9.84.